The second-order valence-corrected chi connectivity index (χ2v) is 12.5. The minimum absolute atomic E-state index is 0.0166. The third-order valence-corrected chi connectivity index (χ3v) is 8.68. The molecule has 208 valence electrons. The van der Waals surface area contributed by atoms with Gasteiger partial charge in [-0.25, -0.2) is 0 Å². The Morgan fingerprint density at radius 3 is 1.89 bits per heavy atom. The molecule has 0 unspecified atom stereocenters. The van der Waals surface area contributed by atoms with Crippen LogP contribution >= 0.6 is 0 Å². The second-order valence-electron chi connectivity index (χ2n) is 12.5. The molecule has 2 spiro atoms. The molecule has 0 radical (unpaired) electrons. The van der Waals surface area contributed by atoms with Gasteiger partial charge in [0.1, 0.15) is 18.3 Å². The van der Waals surface area contributed by atoms with Gasteiger partial charge in [-0.05, 0) is 48.8 Å². The lowest BCUT2D eigenvalue weighted by molar-refractivity contribution is -0.247. The number of rotatable bonds is 2. The Bertz CT molecular complexity index is 1040. The largest absolute Gasteiger partial charge is 0.341 e. The molecule has 1 aromatic rings. The summed E-state index contributed by atoms with van der Waals surface area (Å²) in [6.07, 6.45) is 6.20. The van der Waals surface area contributed by atoms with Gasteiger partial charge in [0.05, 0.1) is 0 Å². The topological polar surface area (TPSA) is 104 Å². The molecule has 3 saturated heterocycles. The van der Waals surface area contributed by atoms with Crippen molar-refractivity contribution in [2.75, 3.05) is 0 Å². The van der Waals surface area contributed by atoms with E-state index in [1.165, 1.54) is 0 Å². The Labute approximate surface area is 224 Å². The molecule has 9 nitrogen and oxygen atoms in total. The summed E-state index contributed by atoms with van der Waals surface area (Å²) in [5.41, 5.74) is 6.65. The summed E-state index contributed by atoms with van der Waals surface area (Å²) >= 11 is 0. The zero-order valence-electron chi connectivity index (χ0n) is 22.6. The standard InChI is InChI=1S/C29H40N2O7/c1-27(2,3)19-12-10-18(11-13-19)24(32)30-31-25(33)22-20-21(36-28(35-20)14-6-4-7-15-28)23-26(34-22)38-29(37-23)16-8-5-9-17-29/h10-13,20-23,26H,4-9,14-17H2,1-3H3,(H,30,32)(H,31,33)/t20-,21-,22-,23-,26-/m1/s1. The fourth-order valence-corrected chi connectivity index (χ4v) is 6.55. The summed E-state index contributed by atoms with van der Waals surface area (Å²) in [6.45, 7) is 6.35. The Hall–Kier alpha value is -2.04. The van der Waals surface area contributed by atoms with E-state index in [-0.39, 0.29) is 5.41 Å². The average Bonchev–Trinajstić information content (AvgIpc) is 3.44. The molecular formula is C29H40N2O7. The summed E-state index contributed by atoms with van der Waals surface area (Å²) in [4.78, 5) is 26.2. The zero-order valence-corrected chi connectivity index (χ0v) is 22.6. The number of hydrogen-bond donors (Lipinski definition) is 2. The van der Waals surface area contributed by atoms with Crippen LogP contribution in [0.4, 0.5) is 0 Å². The molecule has 3 heterocycles. The molecule has 3 aliphatic heterocycles. The highest BCUT2D eigenvalue weighted by Crippen LogP contribution is 2.50. The van der Waals surface area contributed by atoms with Gasteiger partial charge in [0, 0.05) is 31.2 Å². The van der Waals surface area contributed by atoms with Crippen LogP contribution in [0.5, 0.6) is 0 Å². The monoisotopic (exact) mass is 528 g/mol. The summed E-state index contributed by atoms with van der Waals surface area (Å²) in [5.74, 6) is -2.32. The zero-order chi connectivity index (χ0) is 26.5. The molecule has 5 fully saturated rings. The lowest BCUT2D eigenvalue weighted by Crippen LogP contribution is -2.61. The van der Waals surface area contributed by atoms with E-state index in [2.05, 4.69) is 31.6 Å². The first-order valence-corrected chi connectivity index (χ1v) is 14.2. The van der Waals surface area contributed by atoms with Crippen molar-refractivity contribution >= 4 is 11.8 Å². The summed E-state index contributed by atoms with van der Waals surface area (Å²) in [6, 6.07) is 7.37. The van der Waals surface area contributed by atoms with Gasteiger partial charge < -0.3 is 23.7 Å². The Morgan fingerprint density at radius 2 is 1.29 bits per heavy atom. The maximum Gasteiger partial charge on any atom is 0.270 e. The first-order valence-electron chi connectivity index (χ1n) is 14.2. The molecule has 9 heteroatoms. The van der Waals surface area contributed by atoms with Gasteiger partial charge in [-0.2, -0.15) is 0 Å². The van der Waals surface area contributed by atoms with Crippen LogP contribution in [0, 0.1) is 0 Å². The fourth-order valence-electron chi connectivity index (χ4n) is 6.55. The van der Waals surface area contributed by atoms with Crippen LogP contribution in [0.3, 0.4) is 0 Å². The number of hydrogen-bond acceptors (Lipinski definition) is 7. The molecule has 5 aliphatic rings. The van der Waals surface area contributed by atoms with Crippen LogP contribution in [0.15, 0.2) is 24.3 Å². The van der Waals surface area contributed by atoms with E-state index in [9.17, 15) is 9.59 Å². The molecule has 6 rings (SSSR count). The van der Waals surface area contributed by atoms with Crippen LogP contribution < -0.4 is 10.9 Å². The van der Waals surface area contributed by atoms with E-state index in [1.54, 1.807) is 12.1 Å². The second kappa shape index (κ2) is 9.86. The van der Waals surface area contributed by atoms with Crippen LogP contribution in [-0.2, 0) is 33.9 Å². The quantitative estimate of drug-likeness (QED) is 0.560. The van der Waals surface area contributed by atoms with Gasteiger partial charge in [-0.15, -0.1) is 0 Å². The number of amides is 2. The maximum atomic E-state index is 13.4. The van der Waals surface area contributed by atoms with E-state index in [1.807, 2.05) is 12.1 Å². The molecule has 2 N–H and O–H groups in total. The van der Waals surface area contributed by atoms with Crippen molar-refractivity contribution in [3.05, 3.63) is 35.4 Å². The van der Waals surface area contributed by atoms with Crippen molar-refractivity contribution in [2.45, 2.75) is 133 Å². The Balaban J connectivity index is 1.16. The number of carbonyl (C=O) groups excluding carboxylic acids is 2. The predicted octanol–water partition coefficient (Wildman–Crippen LogP) is 3.99. The van der Waals surface area contributed by atoms with Gasteiger partial charge in [-0.3, -0.25) is 20.4 Å². The molecule has 0 bridgehead atoms. The number of fused-ring (bicyclic) bond motifs is 3. The molecule has 38 heavy (non-hydrogen) atoms. The average molecular weight is 529 g/mol. The van der Waals surface area contributed by atoms with Crippen molar-refractivity contribution in [3.8, 4) is 0 Å². The van der Waals surface area contributed by atoms with Gasteiger partial charge in [0.25, 0.3) is 11.8 Å². The van der Waals surface area contributed by atoms with E-state index < -0.39 is 54.1 Å². The number of hydrazine groups is 1. The molecule has 0 aromatic heterocycles. The maximum absolute atomic E-state index is 13.4. The van der Waals surface area contributed by atoms with Crippen molar-refractivity contribution in [1.82, 2.24) is 10.9 Å². The van der Waals surface area contributed by atoms with Gasteiger partial charge in [0.15, 0.2) is 24.0 Å². The fraction of sp³-hybridized carbons (Fsp3) is 0.724. The van der Waals surface area contributed by atoms with E-state index in [0.717, 1.165) is 69.8 Å². The van der Waals surface area contributed by atoms with E-state index in [0.29, 0.717) is 5.56 Å². The normalized spacial score (nSPS) is 33.5. The summed E-state index contributed by atoms with van der Waals surface area (Å²) in [7, 11) is 0. The van der Waals surface area contributed by atoms with Gasteiger partial charge in [-0.1, -0.05) is 45.7 Å². The highest BCUT2D eigenvalue weighted by atomic mass is 16.9. The lowest BCUT2D eigenvalue weighted by atomic mass is 9.87. The van der Waals surface area contributed by atoms with Gasteiger partial charge >= 0.3 is 0 Å². The highest BCUT2D eigenvalue weighted by Gasteiger charge is 2.65. The van der Waals surface area contributed by atoms with Crippen LogP contribution in [0.2, 0.25) is 0 Å². The SMILES string of the molecule is CC(C)(C)c1ccc(C(=O)NNC(=O)[C@@H]2O[C@@H]3OC4(CCCCC4)O[C@@H]3[C@@H]3OC4(CCCCC4)O[C@H]32)cc1. The minimum Gasteiger partial charge on any atom is -0.341 e. The summed E-state index contributed by atoms with van der Waals surface area (Å²) < 4.78 is 32.1. The minimum atomic E-state index is -1.01. The van der Waals surface area contributed by atoms with Crippen molar-refractivity contribution in [1.29, 1.82) is 0 Å². The molecule has 5 atom stereocenters. The third kappa shape index (κ3) is 4.88. The smallest absolute Gasteiger partial charge is 0.270 e. The number of ether oxygens (including phenoxy) is 5. The van der Waals surface area contributed by atoms with Crippen LogP contribution in [-0.4, -0.2) is 54.1 Å². The number of carbonyl (C=O) groups is 2. The molecule has 2 amide bonds. The molecule has 2 saturated carbocycles. The van der Waals surface area contributed by atoms with Crippen molar-refractivity contribution < 1.29 is 33.3 Å². The Kier molecular flexibility index (Phi) is 6.79. The first-order chi connectivity index (χ1) is 18.2. The van der Waals surface area contributed by atoms with E-state index in [4.69, 9.17) is 23.7 Å². The highest BCUT2D eigenvalue weighted by molar-refractivity contribution is 5.95. The Morgan fingerprint density at radius 1 is 0.737 bits per heavy atom. The van der Waals surface area contributed by atoms with Gasteiger partial charge in [0.2, 0.25) is 0 Å². The summed E-state index contributed by atoms with van der Waals surface area (Å²) in [5, 5.41) is 0. The molecule has 2 aliphatic carbocycles. The predicted molar refractivity (Wildman–Crippen MR) is 137 cm³/mol. The lowest BCUT2D eigenvalue weighted by Gasteiger charge is -2.36. The van der Waals surface area contributed by atoms with Crippen molar-refractivity contribution in [3.63, 3.8) is 0 Å². The van der Waals surface area contributed by atoms with Crippen LogP contribution in [0.1, 0.15) is 101 Å². The van der Waals surface area contributed by atoms with Crippen molar-refractivity contribution in [2.24, 2.45) is 0 Å². The third-order valence-electron chi connectivity index (χ3n) is 8.68. The van der Waals surface area contributed by atoms with Crippen LogP contribution in [0.25, 0.3) is 0 Å². The molecule has 1 aromatic carbocycles. The number of nitrogens with one attached hydrogen (secondary N) is 2. The number of benzene rings is 1. The molecular weight excluding hydrogens is 488 g/mol. The van der Waals surface area contributed by atoms with E-state index >= 15 is 0 Å². The first kappa shape index (κ1) is 26.2.